The Balaban J connectivity index is 2.33. The van der Waals surface area contributed by atoms with Gasteiger partial charge in [0.1, 0.15) is 0 Å². The van der Waals surface area contributed by atoms with Gasteiger partial charge in [0.05, 0.1) is 29.3 Å². The molecule has 7 heteroatoms. The molecule has 4 nitrogen and oxygen atoms in total. The van der Waals surface area contributed by atoms with Crippen LogP contribution >= 0.6 is 27.5 Å². The van der Waals surface area contributed by atoms with Gasteiger partial charge in [-0.25, -0.2) is 0 Å². The molecule has 0 spiro atoms. The summed E-state index contributed by atoms with van der Waals surface area (Å²) in [5.41, 5.74) is -0.0134. The molecular formula is C17H23BBrClO4. The summed E-state index contributed by atoms with van der Waals surface area (Å²) in [5, 5.41) is 0.613. The average molecular weight is 418 g/mol. The minimum atomic E-state index is -0.535. The van der Waals surface area contributed by atoms with Crippen molar-refractivity contribution in [3.63, 3.8) is 0 Å². The number of hydrogen-bond acceptors (Lipinski definition) is 4. The van der Waals surface area contributed by atoms with Crippen molar-refractivity contribution in [2.24, 2.45) is 0 Å². The van der Waals surface area contributed by atoms with E-state index in [1.54, 1.807) is 13.0 Å². The molecule has 2 rings (SSSR count). The number of esters is 1. The first-order chi connectivity index (χ1) is 11.1. The Morgan fingerprint density at radius 3 is 2.38 bits per heavy atom. The number of carbonyl (C=O) groups is 1. The fourth-order valence-corrected chi connectivity index (χ4v) is 3.08. The zero-order valence-electron chi connectivity index (χ0n) is 14.7. The van der Waals surface area contributed by atoms with E-state index in [4.69, 9.17) is 25.6 Å². The van der Waals surface area contributed by atoms with Crippen LogP contribution in [0.2, 0.25) is 5.02 Å². The highest BCUT2D eigenvalue weighted by molar-refractivity contribution is 9.10. The summed E-state index contributed by atoms with van der Waals surface area (Å²) in [6.07, 6.45) is 0.179. The Labute approximate surface area is 157 Å². The van der Waals surface area contributed by atoms with Gasteiger partial charge in [-0.2, -0.15) is 0 Å². The molecule has 24 heavy (non-hydrogen) atoms. The molecular weight excluding hydrogens is 394 g/mol. The summed E-state index contributed by atoms with van der Waals surface area (Å²) >= 11 is 9.53. The molecule has 1 saturated heterocycles. The van der Waals surface area contributed by atoms with Crippen LogP contribution in [-0.4, -0.2) is 30.9 Å². The average Bonchev–Trinajstić information content (AvgIpc) is 2.68. The summed E-state index contributed by atoms with van der Waals surface area (Å²) < 4.78 is 18.2. The van der Waals surface area contributed by atoms with Crippen LogP contribution in [0.25, 0.3) is 0 Å². The first-order valence-electron chi connectivity index (χ1n) is 8.03. The largest absolute Gasteiger partial charge is 0.466 e. The molecule has 1 aromatic rings. The third-order valence-corrected chi connectivity index (χ3v) is 5.88. The van der Waals surface area contributed by atoms with Crippen molar-refractivity contribution in [3.8, 4) is 0 Å². The summed E-state index contributed by atoms with van der Waals surface area (Å²) in [4.78, 5) is 12.1. The SMILES string of the molecule is CCOC(=O)CC(B1OC(C)(C)C(C)(C)O1)c1ccc(Cl)c(Br)c1. The molecule has 0 amide bonds. The molecule has 132 valence electrons. The van der Waals surface area contributed by atoms with Gasteiger partial charge in [-0.05, 0) is 68.2 Å². The first-order valence-corrected chi connectivity index (χ1v) is 9.20. The minimum Gasteiger partial charge on any atom is -0.466 e. The molecule has 0 radical (unpaired) electrons. The van der Waals surface area contributed by atoms with Crippen LogP contribution in [0.15, 0.2) is 22.7 Å². The summed E-state index contributed by atoms with van der Waals surface area (Å²) in [5.74, 6) is -0.554. The van der Waals surface area contributed by atoms with E-state index in [1.807, 2.05) is 39.8 Å². The zero-order chi connectivity index (χ0) is 18.1. The predicted octanol–water partition coefficient (Wildman–Crippen LogP) is 4.77. The number of halogens is 2. The van der Waals surface area contributed by atoms with Crippen LogP contribution in [0.4, 0.5) is 0 Å². The van der Waals surface area contributed by atoms with Crippen LogP contribution in [0, 0.1) is 0 Å². The van der Waals surface area contributed by atoms with Crippen molar-refractivity contribution in [2.75, 3.05) is 6.61 Å². The molecule has 0 saturated carbocycles. The Morgan fingerprint density at radius 1 is 1.29 bits per heavy atom. The molecule has 0 aromatic heterocycles. The molecule has 0 N–H and O–H groups in total. The molecule has 1 aromatic carbocycles. The Kier molecular flexibility index (Phi) is 6.06. The van der Waals surface area contributed by atoms with Crippen molar-refractivity contribution < 1.29 is 18.8 Å². The Hall–Kier alpha value is -0.555. The number of benzene rings is 1. The molecule has 1 atom stereocenters. The maximum Gasteiger partial charge on any atom is 0.466 e. The highest BCUT2D eigenvalue weighted by Gasteiger charge is 2.54. The van der Waals surface area contributed by atoms with Crippen LogP contribution in [0.3, 0.4) is 0 Å². The van der Waals surface area contributed by atoms with E-state index < -0.39 is 18.3 Å². The quantitative estimate of drug-likeness (QED) is 0.511. The molecule has 1 fully saturated rings. The van der Waals surface area contributed by atoms with E-state index >= 15 is 0 Å². The lowest BCUT2D eigenvalue weighted by molar-refractivity contribution is -0.143. The van der Waals surface area contributed by atoms with Crippen LogP contribution in [0.1, 0.15) is 52.4 Å². The lowest BCUT2D eigenvalue weighted by atomic mass is 9.66. The second kappa shape index (κ2) is 7.36. The second-order valence-corrected chi connectivity index (χ2v) is 8.18. The van der Waals surface area contributed by atoms with E-state index in [0.717, 1.165) is 10.0 Å². The highest BCUT2D eigenvalue weighted by Crippen LogP contribution is 2.42. The molecule has 1 aliphatic rings. The van der Waals surface area contributed by atoms with Crippen molar-refractivity contribution in [3.05, 3.63) is 33.3 Å². The third-order valence-electron chi connectivity index (χ3n) is 4.66. The van der Waals surface area contributed by atoms with E-state index in [1.165, 1.54) is 0 Å². The molecule has 1 unspecified atom stereocenters. The number of rotatable bonds is 5. The maximum atomic E-state index is 12.1. The minimum absolute atomic E-state index is 0.179. The fraction of sp³-hybridized carbons (Fsp3) is 0.588. The van der Waals surface area contributed by atoms with Gasteiger partial charge in [0.15, 0.2) is 0 Å². The summed E-state index contributed by atoms with van der Waals surface area (Å²) in [7, 11) is -0.535. The van der Waals surface area contributed by atoms with Crippen molar-refractivity contribution >= 4 is 40.6 Å². The topological polar surface area (TPSA) is 44.8 Å². The lowest BCUT2D eigenvalue weighted by Gasteiger charge is -2.32. The van der Waals surface area contributed by atoms with Gasteiger partial charge in [0, 0.05) is 10.3 Å². The number of hydrogen-bond donors (Lipinski definition) is 0. The molecule has 1 heterocycles. The number of ether oxygens (including phenoxy) is 1. The summed E-state index contributed by atoms with van der Waals surface area (Å²) in [6, 6.07) is 5.59. The Bertz CT molecular complexity index is 605. The smallest absolute Gasteiger partial charge is 0.466 e. The van der Waals surface area contributed by atoms with Crippen molar-refractivity contribution in [1.29, 1.82) is 0 Å². The second-order valence-electron chi connectivity index (χ2n) is 6.91. The first kappa shape index (κ1) is 19.8. The summed E-state index contributed by atoms with van der Waals surface area (Å²) in [6.45, 7) is 10.1. The lowest BCUT2D eigenvalue weighted by Crippen LogP contribution is -2.41. The Morgan fingerprint density at radius 2 is 1.88 bits per heavy atom. The fourth-order valence-electron chi connectivity index (χ4n) is 2.57. The maximum absolute atomic E-state index is 12.1. The molecule has 1 aliphatic heterocycles. The van der Waals surface area contributed by atoms with E-state index in [2.05, 4.69) is 15.9 Å². The monoisotopic (exact) mass is 416 g/mol. The van der Waals surface area contributed by atoms with Crippen molar-refractivity contribution in [2.45, 2.75) is 58.1 Å². The number of carbonyl (C=O) groups excluding carboxylic acids is 1. The standard InChI is InChI=1S/C17H23BBrClO4/c1-6-22-15(21)10-12(11-7-8-14(20)13(19)9-11)18-23-16(2,3)17(4,5)24-18/h7-9,12H,6,10H2,1-5H3. The van der Waals surface area contributed by atoms with Gasteiger partial charge in [0.25, 0.3) is 0 Å². The van der Waals surface area contributed by atoms with Gasteiger partial charge < -0.3 is 14.0 Å². The van der Waals surface area contributed by atoms with Gasteiger partial charge >= 0.3 is 13.1 Å². The highest BCUT2D eigenvalue weighted by atomic mass is 79.9. The predicted molar refractivity (Wildman–Crippen MR) is 99.2 cm³/mol. The molecule has 0 aliphatic carbocycles. The van der Waals surface area contributed by atoms with Crippen LogP contribution < -0.4 is 0 Å². The van der Waals surface area contributed by atoms with Crippen LogP contribution in [-0.2, 0) is 18.8 Å². The van der Waals surface area contributed by atoms with Crippen molar-refractivity contribution in [1.82, 2.24) is 0 Å². The van der Waals surface area contributed by atoms with Gasteiger partial charge in [-0.3, -0.25) is 4.79 Å². The van der Waals surface area contributed by atoms with Crippen LogP contribution in [0.5, 0.6) is 0 Å². The van der Waals surface area contributed by atoms with E-state index in [0.29, 0.717) is 11.6 Å². The van der Waals surface area contributed by atoms with Gasteiger partial charge in [0.2, 0.25) is 0 Å². The molecule has 0 bridgehead atoms. The van der Waals surface area contributed by atoms with Gasteiger partial charge in [-0.15, -0.1) is 0 Å². The van der Waals surface area contributed by atoms with E-state index in [9.17, 15) is 4.79 Å². The third kappa shape index (κ3) is 4.16. The van der Waals surface area contributed by atoms with Gasteiger partial charge in [-0.1, -0.05) is 17.7 Å². The zero-order valence-corrected chi connectivity index (χ0v) is 17.0. The van der Waals surface area contributed by atoms with E-state index in [-0.39, 0.29) is 18.2 Å². The normalized spacial score (nSPS) is 20.0.